The molecular weight excluding hydrogens is 369 g/mol. The van der Waals surface area contributed by atoms with E-state index in [9.17, 15) is 9.59 Å². The van der Waals surface area contributed by atoms with Crippen molar-refractivity contribution >= 4 is 26.6 Å². The summed E-state index contributed by atoms with van der Waals surface area (Å²) in [5, 5.41) is 4.21. The SMILES string of the molecule is COC(=O)CCC(=O)N1CCc2[se]nnc2[C@H](OC)[C@@H](OC)C1. The van der Waals surface area contributed by atoms with Gasteiger partial charge in [-0.05, 0) is 0 Å². The molecule has 0 saturated heterocycles. The first-order valence-corrected chi connectivity index (χ1v) is 8.94. The fourth-order valence-corrected chi connectivity index (χ4v) is 3.97. The Hall–Kier alpha value is -1.28. The van der Waals surface area contributed by atoms with Crippen LogP contribution in [0.2, 0.25) is 0 Å². The van der Waals surface area contributed by atoms with Gasteiger partial charge in [-0.15, -0.1) is 0 Å². The van der Waals surface area contributed by atoms with Gasteiger partial charge in [-0.25, -0.2) is 0 Å². The number of hydrogen-bond acceptors (Lipinski definition) is 7. The van der Waals surface area contributed by atoms with Crippen LogP contribution in [-0.4, -0.2) is 81.2 Å². The van der Waals surface area contributed by atoms with Crippen LogP contribution in [0.15, 0.2) is 0 Å². The maximum absolute atomic E-state index is 12.4. The van der Waals surface area contributed by atoms with Crippen LogP contribution in [-0.2, 0) is 30.2 Å². The second-order valence-corrected chi connectivity index (χ2v) is 6.94. The first-order chi connectivity index (χ1) is 11.1. The monoisotopic (exact) mass is 391 g/mol. The van der Waals surface area contributed by atoms with Gasteiger partial charge >= 0.3 is 141 Å². The van der Waals surface area contributed by atoms with Crippen molar-refractivity contribution in [3.8, 4) is 0 Å². The number of rotatable bonds is 5. The summed E-state index contributed by atoms with van der Waals surface area (Å²) >= 11 is -0.0392. The number of amides is 1. The van der Waals surface area contributed by atoms with E-state index in [1.807, 2.05) is 0 Å². The first-order valence-electron chi connectivity index (χ1n) is 7.32. The van der Waals surface area contributed by atoms with Gasteiger partial charge < -0.3 is 0 Å². The van der Waals surface area contributed by atoms with E-state index in [1.54, 1.807) is 19.1 Å². The second kappa shape index (κ2) is 8.54. The van der Waals surface area contributed by atoms with Gasteiger partial charge in [0, 0.05) is 0 Å². The summed E-state index contributed by atoms with van der Waals surface area (Å²) in [6.45, 7) is 0.968. The quantitative estimate of drug-likeness (QED) is 0.498. The van der Waals surface area contributed by atoms with Gasteiger partial charge in [-0.2, -0.15) is 0 Å². The van der Waals surface area contributed by atoms with Crippen LogP contribution in [0.25, 0.3) is 0 Å². The number of hydrogen-bond donors (Lipinski definition) is 0. The number of ether oxygens (including phenoxy) is 3. The summed E-state index contributed by atoms with van der Waals surface area (Å²) in [6, 6.07) is 0. The van der Waals surface area contributed by atoms with Crippen LogP contribution in [0.3, 0.4) is 0 Å². The third kappa shape index (κ3) is 4.38. The van der Waals surface area contributed by atoms with E-state index in [0.29, 0.717) is 13.1 Å². The van der Waals surface area contributed by atoms with Crippen LogP contribution in [0.1, 0.15) is 29.1 Å². The molecule has 0 N–H and O–H groups in total. The Morgan fingerprint density at radius 2 is 2.04 bits per heavy atom. The van der Waals surface area contributed by atoms with Crippen LogP contribution in [0.5, 0.6) is 0 Å². The molecule has 0 aliphatic carbocycles. The zero-order valence-electron chi connectivity index (χ0n) is 13.5. The molecule has 0 saturated carbocycles. The predicted molar refractivity (Wildman–Crippen MR) is 81.1 cm³/mol. The molecule has 1 aromatic rings. The zero-order chi connectivity index (χ0) is 16.8. The summed E-state index contributed by atoms with van der Waals surface area (Å²) in [5.41, 5.74) is 0.848. The second-order valence-electron chi connectivity index (χ2n) is 5.18. The average molecular weight is 390 g/mol. The summed E-state index contributed by atoms with van der Waals surface area (Å²) in [7, 11) is 4.51. The van der Waals surface area contributed by atoms with Gasteiger partial charge in [-0.3, -0.25) is 0 Å². The van der Waals surface area contributed by atoms with Gasteiger partial charge in [-0.1, -0.05) is 0 Å². The minimum atomic E-state index is -0.384. The van der Waals surface area contributed by atoms with Crippen LogP contribution < -0.4 is 0 Å². The van der Waals surface area contributed by atoms with Crippen molar-refractivity contribution in [2.75, 3.05) is 34.4 Å². The fourth-order valence-electron chi connectivity index (χ4n) is 2.58. The van der Waals surface area contributed by atoms with Crippen molar-refractivity contribution in [3.63, 3.8) is 0 Å². The molecule has 0 fully saturated rings. The topological polar surface area (TPSA) is 90.9 Å². The molecule has 8 nitrogen and oxygen atoms in total. The Bertz CT molecular complexity index is 550. The van der Waals surface area contributed by atoms with Crippen molar-refractivity contribution < 1.29 is 23.8 Å². The third-order valence-corrected chi connectivity index (χ3v) is 5.55. The number of aromatic nitrogens is 2. The van der Waals surface area contributed by atoms with Crippen LogP contribution in [0.4, 0.5) is 0 Å². The Morgan fingerprint density at radius 3 is 2.70 bits per heavy atom. The van der Waals surface area contributed by atoms with E-state index in [2.05, 4.69) is 13.9 Å². The molecule has 0 spiro atoms. The van der Waals surface area contributed by atoms with Gasteiger partial charge in [0.05, 0.1) is 0 Å². The number of fused-ring (bicyclic) bond motifs is 1. The van der Waals surface area contributed by atoms with Crippen LogP contribution >= 0.6 is 0 Å². The fraction of sp³-hybridized carbons (Fsp3) is 0.714. The molecule has 2 rings (SSSR count). The number of nitrogens with zero attached hydrogens (tertiary/aromatic N) is 3. The molecule has 0 unspecified atom stereocenters. The molecule has 0 bridgehead atoms. The van der Waals surface area contributed by atoms with Crippen molar-refractivity contribution in [2.24, 2.45) is 0 Å². The standard InChI is InChI=1S/C14H21N3O5Se/c1-20-9-8-17(11(18)4-5-12(19)21-2)7-6-10-13(14(9)22-3)15-16-23-10/h9,14H,4-8H2,1-3H3/t9-,14+/m0/s1. The molecule has 0 aromatic carbocycles. The van der Waals surface area contributed by atoms with Gasteiger partial charge in [0.25, 0.3) is 0 Å². The Balaban J connectivity index is 2.12. The van der Waals surface area contributed by atoms with E-state index >= 15 is 0 Å². The minimum absolute atomic E-state index is 0.0392. The van der Waals surface area contributed by atoms with Crippen molar-refractivity contribution in [3.05, 3.63) is 10.1 Å². The molecule has 1 aliphatic rings. The van der Waals surface area contributed by atoms with Crippen LogP contribution in [0, 0.1) is 0 Å². The summed E-state index contributed by atoms with van der Waals surface area (Å²) in [5.74, 6) is -0.471. The first kappa shape index (κ1) is 18.1. The molecule has 2 heterocycles. The summed E-state index contributed by atoms with van der Waals surface area (Å²) in [4.78, 5) is 25.3. The van der Waals surface area contributed by atoms with E-state index < -0.39 is 0 Å². The predicted octanol–water partition coefficient (Wildman–Crippen LogP) is -0.426. The number of carbonyl (C=O) groups is 2. The van der Waals surface area contributed by atoms with Crippen molar-refractivity contribution in [1.29, 1.82) is 0 Å². The Morgan fingerprint density at radius 1 is 1.26 bits per heavy atom. The molecule has 2 atom stereocenters. The maximum atomic E-state index is 12.4. The van der Waals surface area contributed by atoms with Gasteiger partial charge in [0.15, 0.2) is 0 Å². The third-order valence-electron chi connectivity index (χ3n) is 3.88. The summed E-state index contributed by atoms with van der Waals surface area (Å²) < 4.78 is 20.9. The summed E-state index contributed by atoms with van der Waals surface area (Å²) in [6.07, 6.45) is 0.286. The molecule has 9 heteroatoms. The van der Waals surface area contributed by atoms with E-state index in [4.69, 9.17) is 9.47 Å². The Kier molecular flexibility index (Phi) is 6.71. The number of esters is 1. The van der Waals surface area contributed by atoms with Gasteiger partial charge in [0.2, 0.25) is 0 Å². The molecule has 23 heavy (non-hydrogen) atoms. The number of carbonyl (C=O) groups excluding carboxylic acids is 2. The van der Waals surface area contributed by atoms with Gasteiger partial charge in [0.1, 0.15) is 0 Å². The van der Waals surface area contributed by atoms with E-state index in [1.165, 1.54) is 7.11 Å². The molecule has 1 amide bonds. The molecule has 128 valence electrons. The normalized spacial score (nSPS) is 21.3. The molecule has 1 aliphatic heterocycles. The zero-order valence-corrected chi connectivity index (χ0v) is 15.2. The average Bonchev–Trinajstić information content (AvgIpc) is 3.00. The molecular formula is C14H21N3O5Se. The number of methoxy groups -OCH3 is 3. The molecule has 0 radical (unpaired) electrons. The molecule has 1 aromatic heterocycles. The van der Waals surface area contributed by atoms with Crippen molar-refractivity contribution in [2.45, 2.75) is 31.5 Å². The van der Waals surface area contributed by atoms with E-state index in [-0.39, 0.29) is 51.7 Å². The van der Waals surface area contributed by atoms with E-state index in [0.717, 1.165) is 16.6 Å². The van der Waals surface area contributed by atoms with Crippen molar-refractivity contribution in [1.82, 2.24) is 14.1 Å². The Labute approximate surface area is 141 Å².